The summed E-state index contributed by atoms with van der Waals surface area (Å²) in [5.41, 5.74) is 3.81. The Labute approximate surface area is 143 Å². The van der Waals surface area contributed by atoms with Crippen LogP contribution in [0.2, 0.25) is 0 Å². The van der Waals surface area contributed by atoms with Gasteiger partial charge in [0.1, 0.15) is 0 Å². The van der Waals surface area contributed by atoms with E-state index in [-0.39, 0.29) is 5.91 Å². The summed E-state index contributed by atoms with van der Waals surface area (Å²) < 4.78 is 11.4. The highest BCUT2D eigenvalue weighted by Gasteiger charge is 2.08. The van der Waals surface area contributed by atoms with Crippen molar-refractivity contribution in [2.45, 2.75) is 6.92 Å². The molecule has 0 heterocycles. The third-order valence-electron chi connectivity index (χ3n) is 2.99. The van der Waals surface area contributed by atoms with Crippen molar-refractivity contribution in [3.05, 3.63) is 58.1 Å². The Hall–Kier alpha value is -2.34. The molecule has 0 saturated carbocycles. The Balaban J connectivity index is 2.07. The van der Waals surface area contributed by atoms with Gasteiger partial charge in [0.25, 0.3) is 5.91 Å². The Kier molecular flexibility index (Phi) is 6.17. The van der Waals surface area contributed by atoms with Gasteiger partial charge >= 0.3 is 0 Å². The molecule has 0 aliphatic heterocycles. The predicted octanol–water partition coefficient (Wildman–Crippen LogP) is 3.62. The third-order valence-corrected chi connectivity index (χ3v) is 3.68. The molecular weight excluding hydrogens is 360 g/mol. The van der Waals surface area contributed by atoms with Gasteiger partial charge in [0.2, 0.25) is 0 Å². The van der Waals surface area contributed by atoms with Gasteiger partial charge in [-0.15, -0.1) is 0 Å². The maximum Gasteiger partial charge on any atom is 0.272 e. The molecule has 2 rings (SSSR count). The summed E-state index contributed by atoms with van der Waals surface area (Å²) in [6.07, 6.45) is 1.55. The SMILES string of the molecule is CCOc1cc(C=NNC(=O)c2ccccc2Br)ccc1OC. The van der Waals surface area contributed by atoms with Crippen LogP contribution in [0, 0.1) is 0 Å². The number of hydrogen-bond donors (Lipinski definition) is 1. The van der Waals surface area contributed by atoms with E-state index in [9.17, 15) is 4.79 Å². The van der Waals surface area contributed by atoms with Crippen molar-refractivity contribution >= 4 is 28.1 Å². The van der Waals surface area contributed by atoms with Crippen LogP contribution in [0.3, 0.4) is 0 Å². The highest BCUT2D eigenvalue weighted by Crippen LogP contribution is 2.27. The molecule has 1 N–H and O–H groups in total. The van der Waals surface area contributed by atoms with Gasteiger partial charge in [-0.2, -0.15) is 5.10 Å². The zero-order valence-corrected chi connectivity index (χ0v) is 14.5. The molecule has 5 nitrogen and oxygen atoms in total. The van der Waals surface area contributed by atoms with E-state index in [1.807, 2.05) is 19.1 Å². The summed E-state index contributed by atoms with van der Waals surface area (Å²) in [7, 11) is 1.59. The smallest absolute Gasteiger partial charge is 0.272 e. The van der Waals surface area contributed by atoms with E-state index in [1.54, 1.807) is 43.7 Å². The maximum absolute atomic E-state index is 12.0. The number of hydrazone groups is 1. The van der Waals surface area contributed by atoms with Crippen LogP contribution in [0.25, 0.3) is 0 Å². The Morgan fingerprint density at radius 3 is 2.74 bits per heavy atom. The average molecular weight is 377 g/mol. The van der Waals surface area contributed by atoms with Crippen LogP contribution in [0.15, 0.2) is 52.0 Å². The van der Waals surface area contributed by atoms with Gasteiger partial charge in [0.05, 0.1) is 25.5 Å². The monoisotopic (exact) mass is 376 g/mol. The zero-order chi connectivity index (χ0) is 16.7. The minimum Gasteiger partial charge on any atom is -0.493 e. The first kappa shape index (κ1) is 17.0. The highest BCUT2D eigenvalue weighted by molar-refractivity contribution is 9.10. The molecule has 0 saturated heterocycles. The molecule has 0 spiro atoms. The van der Waals surface area contributed by atoms with Crippen LogP contribution in [0.1, 0.15) is 22.8 Å². The number of benzene rings is 2. The Morgan fingerprint density at radius 2 is 2.04 bits per heavy atom. The molecule has 6 heteroatoms. The number of nitrogens with one attached hydrogen (secondary N) is 1. The molecule has 2 aromatic carbocycles. The number of nitrogens with zero attached hydrogens (tertiary/aromatic N) is 1. The quantitative estimate of drug-likeness (QED) is 0.618. The molecular formula is C17H17BrN2O3. The van der Waals surface area contributed by atoms with Crippen LogP contribution in [0.5, 0.6) is 11.5 Å². The largest absolute Gasteiger partial charge is 0.493 e. The second kappa shape index (κ2) is 8.33. The van der Waals surface area contributed by atoms with E-state index < -0.39 is 0 Å². The molecule has 0 aromatic heterocycles. The minimum atomic E-state index is -0.285. The van der Waals surface area contributed by atoms with E-state index in [1.165, 1.54) is 0 Å². The lowest BCUT2D eigenvalue weighted by molar-refractivity contribution is 0.0954. The number of methoxy groups -OCH3 is 1. The van der Waals surface area contributed by atoms with E-state index in [0.29, 0.717) is 23.7 Å². The average Bonchev–Trinajstić information content (AvgIpc) is 2.56. The maximum atomic E-state index is 12.0. The third kappa shape index (κ3) is 4.56. The van der Waals surface area contributed by atoms with Gasteiger partial charge in [-0.3, -0.25) is 4.79 Å². The van der Waals surface area contributed by atoms with Crippen molar-refractivity contribution in [3.8, 4) is 11.5 Å². The van der Waals surface area contributed by atoms with Crippen LogP contribution in [-0.2, 0) is 0 Å². The fourth-order valence-corrected chi connectivity index (χ4v) is 2.38. The summed E-state index contributed by atoms with van der Waals surface area (Å²) in [5.74, 6) is 1.00. The fourth-order valence-electron chi connectivity index (χ4n) is 1.91. The van der Waals surface area contributed by atoms with Crippen molar-refractivity contribution in [3.63, 3.8) is 0 Å². The van der Waals surface area contributed by atoms with Crippen molar-refractivity contribution in [1.29, 1.82) is 0 Å². The first-order chi connectivity index (χ1) is 11.2. The topological polar surface area (TPSA) is 59.9 Å². The van der Waals surface area contributed by atoms with Crippen LogP contribution < -0.4 is 14.9 Å². The molecule has 0 bridgehead atoms. The van der Waals surface area contributed by atoms with E-state index in [0.717, 1.165) is 10.0 Å². The number of ether oxygens (including phenoxy) is 2. The van der Waals surface area contributed by atoms with Gasteiger partial charge in [-0.05, 0) is 58.7 Å². The zero-order valence-electron chi connectivity index (χ0n) is 12.9. The standard InChI is InChI=1S/C17H17BrN2O3/c1-3-23-16-10-12(8-9-15(16)22-2)11-19-20-17(21)13-6-4-5-7-14(13)18/h4-11H,3H2,1-2H3,(H,20,21). The molecule has 120 valence electrons. The van der Waals surface area contributed by atoms with Crippen molar-refractivity contribution in [2.24, 2.45) is 5.10 Å². The lowest BCUT2D eigenvalue weighted by Crippen LogP contribution is -2.18. The molecule has 0 fully saturated rings. The molecule has 2 aromatic rings. The summed E-state index contributed by atoms with van der Waals surface area (Å²) in [6.45, 7) is 2.44. The summed E-state index contributed by atoms with van der Waals surface area (Å²) in [5, 5.41) is 3.97. The fraction of sp³-hybridized carbons (Fsp3) is 0.176. The van der Waals surface area contributed by atoms with Gasteiger partial charge in [0, 0.05) is 4.47 Å². The summed E-state index contributed by atoms with van der Waals surface area (Å²) in [4.78, 5) is 12.0. The van der Waals surface area contributed by atoms with Gasteiger partial charge in [-0.25, -0.2) is 5.43 Å². The predicted molar refractivity (Wildman–Crippen MR) is 93.4 cm³/mol. The van der Waals surface area contributed by atoms with E-state index >= 15 is 0 Å². The number of carbonyl (C=O) groups excluding carboxylic acids is 1. The Morgan fingerprint density at radius 1 is 1.26 bits per heavy atom. The van der Waals surface area contributed by atoms with Gasteiger partial charge < -0.3 is 9.47 Å². The van der Waals surface area contributed by atoms with Crippen molar-refractivity contribution in [1.82, 2.24) is 5.43 Å². The summed E-state index contributed by atoms with van der Waals surface area (Å²) >= 11 is 3.33. The number of hydrogen-bond acceptors (Lipinski definition) is 4. The molecule has 0 unspecified atom stereocenters. The molecule has 0 atom stereocenters. The summed E-state index contributed by atoms with van der Waals surface area (Å²) in [6, 6.07) is 12.6. The lowest BCUT2D eigenvalue weighted by Gasteiger charge is -2.09. The minimum absolute atomic E-state index is 0.285. The van der Waals surface area contributed by atoms with Gasteiger partial charge in [0.15, 0.2) is 11.5 Å². The van der Waals surface area contributed by atoms with Gasteiger partial charge in [-0.1, -0.05) is 12.1 Å². The van der Waals surface area contributed by atoms with Crippen LogP contribution in [0.4, 0.5) is 0 Å². The molecule has 0 radical (unpaired) electrons. The first-order valence-corrected chi connectivity index (χ1v) is 7.83. The number of rotatable bonds is 6. The lowest BCUT2D eigenvalue weighted by atomic mass is 10.2. The second-order valence-corrected chi connectivity index (χ2v) is 5.38. The first-order valence-electron chi connectivity index (χ1n) is 7.04. The molecule has 1 amide bonds. The van der Waals surface area contributed by atoms with Crippen LogP contribution >= 0.6 is 15.9 Å². The molecule has 0 aliphatic rings. The van der Waals surface area contributed by atoms with Crippen molar-refractivity contribution < 1.29 is 14.3 Å². The highest BCUT2D eigenvalue weighted by atomic mass is 79.9. The Bertz CT molecular complexity index is 717. The molecule has 0 aliphatic carbocycles. The number of amides is 1. The van der Waals surface area contributed by atoms with Crippen molar-refractivity contribution in [2.75, 3.05) is 13.7 Å². The van der Waals surface area contributed by atoms with Crippen LogP contribution in [-0.4, -0.2) is 25.8 Å². The normalized spacial score (nSPS) is 10.6. The molecule has 23 heavy (non-hydrogen) atoms. The number of halogens is 1. The second-order valence-electron chi connectivity index (χ2n) is 4.52. The number of carbonyl (C=O) groups is 1. The van der Waals surface area contributed by atoms with E-state index in [2.05, 4.69) is 26.5 Å². The van der Waals surface area contributed by atoms with E-state index in [4.69, 9.17) is 9.47 Å².